The van der Waals surface area contributed by atoms with E-state index in [1.807, 2.05) is 0 Å². The first kappa shape index (κ1) is 11.0. The molecule has 2 nitrogen and oxygen atoms in total. The van der Waals surface area contributed by atoms with Crippen molar-refractivity contribution in [2.75, 3.05) is 0 Å². The van der Waals surface area contributed by atoms with E-state index < -0.39 is 0 Å². The van der Waals surface area contributed by atoms with E-state index in [4.69, 9.17) is 9.47 Å². The first-order valence-electron chi connectivity index (χ1n) is 5.25. The van der Waals surface area contributed by atoms with Crippen molar-refractivity contribution in [3.8, 4) is 0 Å². The van der Waals surface area contributed by atoms with Gasteiger partial charge < -0.3 is 9.47 Å². The van der Waals surface area contributed by atoms with Crippen LogP contribution in [0.5, 0.6) is 0 Å². The van der Waals surface area contributed by atoms with Crippen LogP contribution in [0.3, 0.4) is 0 Å². The Bertz CT molecular complexity index is 155. The molecule has 1 saturated heterocycles. The van der Waals surface area contributed by atoms with Crippen LogP contribution in [0.15, 0.2) is 0 Å². The summed E-state index contributed by atoms with van der Waals surface area (Å²) in [7, 11) is 0. The molecule has 2 heteroatoms. The zero-order valence-electron chi connectivity index (χ0n) is 9.63. The minimum atomic E-state index is -0.362. The molecule has 0 bridgehead atoms. The van der Waals surface area contributed by atoms with Crippen LogP contribution in [0.2, 0.25) is 0 Å². The highest BCUT2D eigenvalue weighted by Gasteiger charge is 2.48. The lowest BCUT2D eigenvalue weighted by atomic mass is 9.91. The maximum Gasteiger partial charge on any atom is 0.173 e. The van der Waals surface area contributed by atoms with Gasteiger partial charge in [0.05, 0.1) is 12.2 Å². The maximum atomic E-state index is 5.96. The molecule has 13 heavy (non-hydrogen) atoms. The van der Waals surface area contributed by atoms with Gasteiger partial charge in [-0.1, -0.05) is 27.7 Å². The van der Waals surface area contributed by atoms with Crippen molar-refractivity contribution in [2.24, 2.45) is 11.8 Å². The molecule has 0 aromatic heterocycles. The number of hydrogen-bond acceptors (Lipinski definition) is 2. The second-order valence-electron chi connectivity index (χ2n) is 4.68. The highest BCUT2D eigenvalue weighted by atomic mass is 16.8. The van der Waals surface area contributed by atoms with Crippen molar-refractivity contribution in [3.05, 3.63) is 0 Å². The summed E-state index contributed by atoms with van der Waals surface area (Å²) in [5.41, 5.74) is 0. The van der Waals surface area contributed by atoms with Crippen molar-refractivity contribution in [1.82, 2.24) is 0 Å². The molecule has 1 aliphatic heterocycles. The molecule has 0 aliphatic carbocycles. The topological polar surface area (TPSA) is 18.5 Å². The van der Waals surface area contributed by atoms with Gasteiger partial charge in [0.1, 0.15) is 0 Å². The fourth-order valence-corrected chi connectivity index (χ4v) is 2.01. The molecule has 1 fully saturated rings. The molecule has 1 rings (SSSR count). The average Bonchev–Trinajstić information content (AvgIpc) is 2.29. The SMILES string of the molecule is CC(C)C1(C(C)C)O[C@@H](C)[C@H](C)O1. The highest BCUT2D eigenvalue weighted by Crippen LogP contribution is 2.40. The lowest BCUT2D eigenvalue weighted by molar-refractivity contribution is -0.230. The van der Waals surface area contributed by atoms with Crippen LogP contribution >= 0.6 is 0 Å². The summed E-state index contributed by atoms with van der Waals surface area (Å²) >= 11 is 0. The van der Waals surface area contributed by atoms with Crippen molar-refractivity contribution in [2.45, 2.75) is 59.5 Å². The Morgan fingerprint density at radius 1 is 0.846 bits per heavy atom. The van der Waals surface area contributed by atoms with E-state index in [1.54, 1.807) is 0 Å². The van der Waals surface area contributed by atoms with Crippen molar-refractivity contribution >= 4 is 0 Å². The predicted molar refractivity (Wildman–Crippen MR) is 53.5 cm³/mol. The molecule has 0 radical (unpaired) electrons. The molecule has 1 aliphatic rings. The molecular formula is C11H22O2. The molecule has 0 aromatic carbocycles. The van der Waals surface area contributed by atoms with Crippen LogP contribution in [0, 0.1) is 11.8 Å². The van der Waals surface area contributed by atoms with Crippen molar-refractivity contribution in [3.63, 3.8) is 0 Å². The minimum Gasteiger partial charge on any atom is -0.344 e. The second-order valence-corrected chi connectivity index (χ2v) is 4.68. The summed E-state index contributed by atoms with van der Waals surface area (Å²) in [6.07, 6.45) is 0.426. The first-order chi connectivity index (χ1) is 5.90. The molecule has 78 valence electrons. The maximum absolute atomic E-state index is 5.96. The van der Waals surface area contributed by atoms with E-state index in [0.717, 1.165) is 0 Å². The summed E-state index contributed by atoms with van der Waals surface area (Å²) in [6, 6.07) is 0. The van der Waals surface area contributed by atoms with Gasteiger partial charge in [0.15, 0.2) is 5.79 Å². The number of hydrogen-bond donors (Lipinski definition) is 0. The normalized spacial score (nSPS) is 33.2. The third-order valence-corrected chi connectivity index (χ3v) is 3.01. The quantitative estimate of drug-likeness (QED) is 0.660. The summed E-state index contributed by atoms with van der Waals surface area (Å²) in [6.45, 7) is 12.8. The van der Waals surface area contributed by atoms with Gasteiger partial charge in [0.2, 0.25) is 0 Å². The van der Waals surface area contributed by atoms with Gasteiger partial charge in [-0.25, -0.2) is 0 Å². The van der Waals surface area contributed by atoms with Crippen LogP contribution in [-0.4, -0.2) is 18.0 Å². The van der Waals surface area contributed by atoms with Crippen LogP contribution in [0.4, 0.5) is 0 Å². The Balaban J connectivity index is 2.83. The average molecular weight is 186 g/mol. The summed E-state index contributed by atoms with van der Waals surface area (Å²) in [5.74, 6) is 0.443. The van der Waals surface area contributed by atoms with Gasteiger partial charge >= 0.3 is 0 Å². The molecule has 0 N–H and O–H groups in total. The summed E-state index contributed by atoms with van der Waals surface area (Å²) in [5, 5.41) is 0. The minimum absolute atomic E-state index is 0.213. The standard InChI is InChI=1S/C11H22O2/c1-7(2)11(8(3)4)12-9(5)10(6)13-11/h7-10H,1-6H3/t9-,10-/m0/s1. The molecule has 1 heterocycles. The van der Waals surface area contributed by atoms with Crippen LogP contribution in [0.25, 0.3) is 0 Å². The van der Waals surface area contributed by atoms with Gasteiger partial charge in [-0.2, -0.15) is 0 Å². The van der Waals surface area contributed by atoms with Gasteiger partial charge in [-0.05, 0) is 13.8 Å². The van der Waals surface area contributed by atoms with E-state index in [1.165, 1.54) is 0 Å². The number of rotatable bonds is 2. The second kappa shape index (κ2) is 3.58. The molecule has 0 saturated carbocycles. The van der Waals surface area contributed by atoms with E-state index in [-0.39, 0.29) is 18.0 Å². The smallest absolute Gasteiger partial charge is 0.173 e. The van der Waals surface area contributed by atoms with Crippen LogP contribution in [-0.2, 0) is 9.47 Å². The Morgan fingerprint density at radius 2 is 1.15 bits per heavy atom. The zero-order chi connectivity index (χ0) is 10.2. The highest BCUT2D eigenvalue weighted by molar-refractivity contribution is 4.86. The Kier molecular flexibility index (Phi) is 3.03. The van der Waals surface area contributed by atoms with Crippen molar-refractivity contribution < 1.29 is 9.47 Å². The van der Waals surface area contributed by atoms with Gasteiger partial charge in [-0.15, -0.1) is 0 Å². The van der Waals surface area contributed by atoms with E-state index in [0.29, 0.717) is 11.8 Å². The summed E-state index contributed by atoms with van der Waals surface area (Å²) in [4.78, 5) is 0. The Morgan fingerprint density at radius 3 is 1.31 bits per heavy atom. The monoisotopic (exact) mass is 186 g/mol. The van der Waals surface area contributed by atoms with E-state index >= 15 is 0 Å². The third kappa shape index (κ3) is 1.75. The van der Waals surface area contributed by atoms with Crippen molar-refractivity contribution in [1.29, 1.82) is 0 Å². The zero-order valence-corrected chi connectivity index (χ0v) is 9.63. The summed E-state index contributed by atoms with van der Waals surface area (Å²) < 4.78 is 11.9. The van der Waals surface area contributed by atoms with Crippen LogP contribution in [0.1, 0.15) is 41.5 Å². The van der Waals surface area contributed by atoms with Gasteiger partial charge in [-0.3, -0.25) is 0 Å². The fraction of sp³-hybridized carbons (Fsp3) is 1.00. The molecule has 0 amide bonds. The van der Waals surface area contributed by atoms with E-state index in [2.05, 4.69) is 41.5 Å². The van der Waals surface area contributed by atoms with E-state index in [9.17, 15) is 0 Å². The van der Waals surface area contributed by atoms with Gasteiger partial charge in [0, 0.05) is 11.8 Å². The molecule has 0 unspecified atom stereocenters. The third-order valence-electron chi connectivity index (χ3n) is 3.01. The molecule has 0 aromatic rings. The molecular weight excluding hydrogens is 164 g/mol. The Labute approximate surface area is 81.6 Å². The lowest BCUT2D eigenvalue weighted by Gasteiger charge is -2.35. The van der Waals surface area contributed by atoms with Crippen LogP contribution < -0.4 is 0 Å². The van der Waals surface area contributed by atoms with Gasteiger partial charge in [0.25, 0.3) is 0 Å². The first-order valence-corrected chi connectivity index (χ1v) is 5.25. The fourth-order valence-electron chi connectivity index (χ4n) is 2.01. The largest absolute Gasteiger partial charge is 0.344 e. The molecule has 0 spiro atoms. The predicted octanol–water partition coefficient (Wildman–Crippen LogP) is 2.82. The lowest BCUT2D eigenvalue weighted by Crippen LogP contribution is -2.42. The molecule has 2 atom stereocenters. The Hall–Kier alpha value is -0.0800. The number of ether oxygens (including phenoxy) is 2.